The fourth-order valence-electron chi connectivity index (χ4n) is 2.61. The highest BCUT2D eigenvalue weighted by Gasteiger charge is 2.21. The summed E-state index contributed by atoms with van der Waals surface area (Å²) in [6, 6.07) is 1.86. The fourth-order valence-corrected chi connectivity index (χ4v) is 2.61. The van der Waals surface area contributed by atoms with Gasteiger partial charge in [-0.1, -0.05) is 6.92 Å². The number of nitrogens with zero attached hydrogens (tertiary/aromatic N) is 2. The maximum atomic E-state index is 12.6. The van der Waals surface area contributed by atoms with Crippen molar-refractivity contribution in [2.24, 2.45) is 5.92 Å². The molecule has 0 bridgehead atoms. The van der Waals surface area contributed by atoms with Gasteiger partial charge in [-0.2, -0.15) is 0 Å². The molecule has 0 saturated carbocycles. The van der Waals surface area contributed by atoms with Crippen LogP contribution in [0.1, 0.15) is 36.5 Å². The summed E-state index contributed by atoms with van der Waals surface area (Å²) in [4.78, 5) is 18.5. The van der Waals surface area contributed by atoms with Gasteiger partial charge in [-0.05, 0) is 31.2 Å². The second-order valence-electron chi connectivity index (χ2n) is 5.62. The number of pyridine rings is 1. The lowest BCUT2D eigenvalue weighted by molar-refractivity contribution is 0.0388. The van der Waals surface area contributed by atoms with E-state index in [0.29, 0.717) is 11.5 Å². The number of hydrogen-bond donors (Lipinski definition) is 1. The second kappa shape index (κ2) is 7.98. The van der Waals surface area contributed by atoms with E-state index in [1.807, 2.05) is 13.1 Å². The quantitative estimate of drug-likeness (QED) is 0.874. The van der Waals surface area contributed by atoms with Gasteiger partial charge in [0.1, 0.15) is 0 Å². The van der Waals surface area contributed by atoms with Crippen LogP contribution in [0, 0.1) is 5.92 Å². The van der Waals surface area contributed by atoms with Gasteiger partial charge in [0.15, 0.2) is 0 Å². The topological polar surface area (TPSA) is 54.5 Å². The Morgan fingerprint density at radius 2 is 2.43 bits per heavy atom. The van der Waals surface area contributed by atoms with E-state index in [1.165, 1.54) is 0 Å². The van der Waals surface area contributed by atoms with Crippen molar-refractivity contribution in [3.63, 3.8) is 0 Å². The zero-order valence-electron chi connectivity index (χ0n) is 13.0. The molecule has 1 unspecified atom stereocenters. The molecule has 1 N–H and O–H groups in total. The number of ether oxygens (including phenoxy) is 1. The minimum Gasteiger partial charge on any atom is -0.384 e. The normalized spacial score (nSPS) is 18.3. The standard InChI is InChI=1S/C16H25N3O2/c1-3-7-18-15-6-8-17-10-14(15)16(20)19(2)11-13-5-4-9-21-12-13/h6,8,10,13H,3-5,7,9,11-12H2,1-2H3,(H,17,18). The monoisotopic (exact) mass is 291 g/mol. The van der Waals surface area contributed by atoms with Crippen molar-refractivity contribution in [1.82, 2.24) is 9.88 Å². The molecule has 0 spiro atoms. The van der Waals surface area contributed by atoms with Crippen molar-refractivity contribution in [2.45, 2.75) is 26.2 Å². The van der Waals surface area contributed by atoms with Crippen LogP contribution in [-0.4, -0.2) is 49.1 Å². The molecule has 5 nitrogen and oxygen atoms in total. The number of carbonyl (C=O) groups is 1. The molecule has 2 rings (SSSR count). The Balaban J connectivity index is 2.00. The Morgan fingerprint density at radius 1 is 1.57 bits per heavy atom. The third-order valence-electron chi connectivity index (χ3n) is 3.75. The zero-order chi connectivity index (χ0) is 15.1. The number of aromatic nitrogens is 1. The third-order valence-corrected chi connectivity index (χ3v) is 3.75. The summed E-state index contributed by atoms with van der Waals surface area (Å²) >= 11 is 0. The summed E-state index contributed by atoms with van der Waals surface area (Å²) in [5.41, 5.74) is 1.51. The van der Waals surface area contributed by atoms with Gasteiger partial charge in [-0.25, -0.2) is 0 Å². The highest BCUT2D eigenvalue weighted by Crippen LogP contribution is 2.19. The van der Waals surface area contributed by atoms with Crippen LogP contribution in [-0.2, 0) is 4.74 Å². The van der Waals surface area contributed by atoms with Gasteiger partial charge in [0.2, 0.25) is 0 Å². The zero-order valence-corrected chi connectivity index (χ0v) is 13.0. The molecular weight excluding hydrogens is 266 g/mol. The summed E-state index contributed by atoms with van der Waals surface area (Å²) < 4.78 is 5.48. The Kier molecular flexibility index (Phi) is 5.99. The van der Waals surface area contributed by atoms with Gasteiger partial charge in [0, 0.05) is 39.1 Å². The van der Waals surface area contributed by atoms with Gasteiger partial charge in [-0.15, -0.1) is 0 Å². The van der Waals surface area contributed by atoms with E-state index in [-0.39, 0.29) is 5.91 Å². The van der Waals surface area contributed by atoms with Gasteiger partial charge in [0.25, 0.3) is 5.91 Å². The lowest BCUT2D eigenvalue weighted by Crippen LogP contribution is -2.35. The third kappa shape index (κ3) is 4.43. The highest BCUT2D eigenvalue weighted by atomic mass is 16.5. The molecule has 5 heteroatoms. The van der Waals surface area contributed by atoms with Crippen molar-refractivity contribution in [2.75, 3.05) is 38.7 Å². The van der Waals surface area contributed by atoms with Gasteiger partial charge in [-0.3, -0.25) is 9.78 Å². The first-order chi connectivity index (χ1) is 10.2. The van der Waals surface area contributed by atoms with Gasteiger partial charge in [0.05, 0.1) is 17.9 Å². The first-order valence-electron chi connectivity index (χ1n) is 7.73. The largest absolute Gasteiger partial charge is 0.384 e. The van der Waals surface area contributed by atoms with E-state index in [0.717, 1.165) is 51.3 Å². The van der Waals surface area contributed by atoms with Crippen LogP contribution in [0.4, 0.5) is 5.69 Å². The summed E-state index contributed by atoms with van der Waals surface area (Å²) in [6.45, 7) is 5.30. The number of hydrogen-bond acceptors (Lipinski definition) is 4. The van der Waals surface area contributed by atoms with Crippen molar-refractivity contribution in [3.05, 3.63) is 24.0 Å². The average molecular weight is 291 g/mol. The molecule has 2 heterocycles. The maximum absolute atomic E-state index is 12.6. The Morgan fingerprint density at radius 3 is 3.14 bits per heavy atom. The molecule has 1 atom stereocenters. The molecule has 0 aliphatic carbocycles. The molecular formula is C16H25N3O2. The first-order valence-corrected chi connectivity index (χ1v) is 7.73. The van der Waals surface area contributed by atoms with Crippen LogP contribution in [0.5, 0.6) is 0 Å². The number of rotatable bonds is 6. The molecule has 1 aliphatic rings. The highest BCUT2D eigenvalue weighted by molar-refractivity contribution is 5.99. The lowest BCUT2D eigenvalue weighted by atomic mass is 10.0. The fraction of sp³-hybridized carbons (Fsp3) is 0.625. The van der Waals surface area contributed by atoms with Crippen LogP contribution >= 0.6 is 0 Å². The summed E-state index contributed by atoms with van der Waals surface area (Å²) in [7, 11) is 1.85. The first kappa shape index (κ1) is 15.8. The molecule has 0 radical (unpaired) electrons. The predicted molar refractivity (Wildman–Crippen MR) is 83.5 cm³/mol. The summed E-state index contributed by atoms with van der Waals surface area (Å²) in [6.07, 6.45) is 6.59. The Hall–Kier alpha value is -1.62. The molecule has 116 valence electrons. The van der Waals surface area contributed by atoms with Gasteiger partial charge >= 0.3 is 0 Å². The summed E-state index contributed by atoms with van der Waals surface area (Å²) in [5.74, 6) is 0.462. The smallest absolute Gasteiger partial charge is 0.257 e. The lowest BCUT2D eigenvalue weighted by Gasteiger charge is -2.27. The number of anilines is 1. The van der Waals surface area contributed by atoms with Crippen molar-refractivity contribution < 1.29 is 9.53 Å². The van der Waals surface area contributed by atoms with Crippen LogP contribution < -0.4 is 5.32 Å². The van der Waals surface area contributed by atoms with Crippen LogP contribution in [0.25, 0.3) is 0 Å². The molecule has 1 amide bonds. The molecule has 1 aromatic heterocycles. The van der Waals surface area contributed by atoms with Crippen molar-refractivity contribution in [1.29, 1.82) is 0 Å². The number of nitrogens with one attached hydrogen (secondary N) is 1. The van der Waals surface area contributed by atoms with E-state index in [2.05, 4.69) is 17.2 Å². The number of amides is 1. The Labute approximate surface area is 126 Å². The summed E-state index contributed by atoms with van der Waals surface area (Å²) in [5, 5.41) is 3.29. The predicted octanol–water partition coefficient (Wildman–Crippen LogP) is 2.40. The van der Waals surface area contributed by atoms with Gasteiger partial charge < -0.3 is 15.0 Å². The van der Waals surface area contributed by atoms with Crippen molar-refractivity contribution in [3.8, 4) is 0 Å². The van der Waals surface area contributed by atoms with E-state index in [1.54, 1.807) is 17.3 Å². The molecule has 1 aliphatic heterocycles. The molecule has 21 heavy (non-hydrogen) atoms. The van der Waals surface area contributed by atoms with Crippen LogP contribution in [0.2, 0.25) is 0 Å². The van der Waals surface area contributed by atoms with Crippen LogP contribution in [0.15, 0.2) is 18.5 Å². The van der Waals surface area contributed by atoms with Crippen LogP contribution in [0.3, 0.4) is 0 Å². The van der Waals surface area contributed by atoms with Crippen molar-refractivity contribution >= 4 is 11.6 Å². The maximum Gasteiger partial charge on any atom is 0.257 e. The SMILES string of the molecule is CCCNc1ccncc1C(=O)N(C)CC1CCCOC1. The van der Waals surface area contributed by atoms with E-state index < -0.39 is 0 Å². The molecule has 1 saturated heterocycles. The van der Waals surface area contributed by atoms with E-state index >= 15 is 0 Å². The number of carbonyl (C=O) groups excluding carboxylic acids is 1. The molecule has 1 fully saturated rings. The van der Waals surface area contributed by atoms with E-state index in [9.17, 15) is 4.79 Å². The van der Waals surface area contributed by atoms with E-state index in [4.69, 9.17) is 4.74 Å². The minimum absolute atomic E-state index is 0.0206. The molecule has 0 aromatic carbocycles. The molecule has 1 aromatic rings. The average Bonchev–Trinajstić information content (AvgIpc) is 2.53. The Bertz CT molecular complexity index is 459. The minimum atomic E-state index is 0.0206. The second-order valence-corrected chi connectivity index (χ2v) is 5.62.